The van der Waals surface area contributed by atoms with Gasteiger partial charge in [0.15, 0.2) is 0 Å². The van der Waals surface area contributed by atoms with Gasteiger partial charge in [-0.3, -0.25) is 4.98 Å². The Labute approximate surface area is 147 Å². The highest BCUT2D eigenvalue weighted by atomic mass is 16.5. The van der Waals surface area contributed by atoms with Crippen molar-refractivity contribution in [1.82, 2.24) is 4.98 Å². The molecule has 1 saturated heterocycles. The average Bonchev–Trinajstić information content (AvgIpc) is 3.17. The topological polar surface area (TPSA) is 76.4 Å². The maximum absolute atomic E-state index is 9.45. The molecule has 1 unspecified atom stereocenters. The number of hydrogen-bond acceptors (Lipinski definition) is 6. The number of hydrogen-bond donors (Lipinski definition) is 1. The molecule has 2 heterocycles. The summed E-state index contributed by atoms with van der Waals surface area (Å²) < 4.78 is 16.2. The van der Waals surface area contributed by atoms with E-state index in [4.69, 9.17) is 14.2 Å². The van der Waals surface area contributed by atoms with Gasteiger partial charge >= 0.3 is 0 Å². The number of nitriles is 1. The Balaban J connectivity index is 1.84. The molecule has 1 aliphatic heterocycles. The van der Waals surface area contributed by atoms with E-state index in [1.807, 2.05) is 6.07 Å². The number of nitrogens with zero attached hydrogens (tertiary/aromatic N) is 2. The zero-order valence-electron chi connectivity index (χ0n) is 14.7. The van der Waals surface area contributed by atoms with Crippen molar-refractivity contribution < 1.29 is 14.2 Å². The zero-order chi connectivity index (χ0) is 17.6. The summed E-state index contributed by atoms with van der Waals surface area (Å²) in [5, 5.41) is 13.7. The molecular formula is C19H23N3O3. The van der Waals surface area contributed by atoms with E-state index in [2.05, 4.69) is 16.4 Å². The first-order valence-electron chi connectivity index (χ1n) is 8.53. The number of benzene rings is 1. The molecule has 0 aliphatic carbocycles. The van der Waals surface area contributed by atoms with E-state index >= 15 is 0 Å². The van der Waals surface area contributed by atoms with Gasteiger partial charge in [-0.05, 0) is 31.2 Å². The lowest BCUT2D eigenvalue weighted by Crippen LogP contribution is -2.08. The van der Waals surface area contributed by atoms with E-state index in [1.165, 1.54) is 0 Å². The third-order valence-corrected chi connectivity index (χ3v) is 4.60. The van der Waals surface area contributed by atoms with Crippen LogP contribution in [0.5, 0.6) is 11.5 Å². The van der Waals surface area contributed by atoms with Gasteiger partial charge in [0, 0.05) is 37.4 Å². The number of fused-ring (bicyclic) bond motifs is 1. The van der Waals surface area contributed by atoms with Gasteiger partial charge in [0.2, 0.25) is 0 Å². The van der Waals surface area contributed by atoms with E-state index < -0.39 is 0 Å². The second kappa shape index (κ2) is 8.04. The number of nitrogens with one attached hydrogen (secondary N) is 1. The minimum atomic E-state index is 0.520. The molecule has 6 heteroatoms. The second-order valence-electron chi connectivity index (χ2n) is 6.18. The molecule has 0 saturated carbocycles. The molecule has 132 valence electrons. The van der Waals surface area contributed by atoms with Gasteiger partial charge in [0.05, 0.1) is 25.5 Å². The highest BCUT2D eigenvalue weighted by molar-refractivity contribution is 5.98. The van der Waals surface area contributed by atoms with Gasteiger partial charge in [-0.2, -0.15) is 5.26 Å². The van der Waals surface area contributed by atoms with Gasteiger partial charge in [-0.15, -0.1) is 0 Å². The van der Waals surface area contributed by atoms with Gasteiger partial charge < -0.3 is 19.5 Å². The molecule has 0 radical (unpaired) electrons. The van der Waals surface area contributed by atoms with E-state index in [0.29, 0.717) is 28.5 Å². The molecule has 0 amide bonds. The molecule has 3 rings (SSSR count). The van der Waals surface area contributed by atoms with Gasteiger partial charge in [-0.1, -0.05) is 0 Å². The van der Waals surface area contributed by atoms with Crippen LogP contribution in [-0.4, -0.2) is 39.0 Å². The van der Waals surface area contributed by atoms with E-state index in [9.17, 15) is 5.26 Å². The number of aromatic nitrogens is 1. The van der Waals surface area contributed by atoms with Crippen LogP contribution < -0.4 is 14.8 Å². The van der Waals surface area contributed by atoms with E-state index in [0.717, 1.165) is 50.1 Å². The standard InChI is InChI=1S/C19H23N3O3/c1-23-15-8-16-18(21-6-3-4-13-5-7-25-12-13)14(10-20)11-22-19(16)17(9-15)24-2/h8-9,11,13H,3-7,12H2,1-2H3,(H,21,22). The van der Waals surface area contributed by atoms with Crippen molar-refractivity contribution in [3.8, 4) is 17.6 Å². The Morgan fingerprint density at radius 1 is 1.36 bits per heavy atom. The van der Waals surface area contributed by atoms with Crippen molar-refractivity contribution in [2.24, 2.45) is 5.92 Å². The monoisotopic (exact) mass is 341 g/mol. The van der Waals surface area contributed by atoms with Crippen LogP contribution >= 0.6 is 0 Å². The van der Waals surface area contributed by atoms with Crippen molar-refractivity contribution in [3.05, 3.63) is 23.9 Å². The Kier molecular flexibility index (Phi) is 5.56. The number of ether oxygens (including phenoxy) is 3. The van der Waals surface area contributed by atoms with Crippen molar-refractivity contribution in [2.45, 2.75) is 19.3 Å². The fourth-order valence-electron chi connectivity index (χ4n) is 3.21. The van der Waals surface area contributed by atoms with Gasteiger partial charge in [0.1, 0.15) is 23.1 Å². The maximum atomic E-state index is 9.45. The Hall–Kier alpha value is -2.52. The van der Waals surface area contributed by atoms with Crippen LogP contribution in [0.2, 0.25) is 0 Å². The molecule has 6 nitrogen and oxygen atoms in total. The summed E-state index contributed by atoms with van der Waals surface area (Å²) in [6.45, 7) is 2.55. The van der Waals surface area contributed by atoms with Crippen molar-refractivity contribution in [3.63, 3.8) is 0 Å². The van der Waals surface area contributed by atoms with Crippen LogP contribution in [0.1, 0.15) is 24.8 Å². The van der Waals surface area contributed by atoms with Crippen molar-refractivity contribution >= 4 is 16.6 Å². The average molecular weight is 341 g/mol. The SMILES string of the molecule is COc1cc(OC)c2ncc(C#N)c(NCCCC3CCOC3)c2c1. The van der Waals surface area contributed by atoms with Crippen LogP contribution in [-0.2, 0) is 4.74 Å². The number of rotatable bonds is 7. The normalized spacial score (nSPS) is 16.6. The van der Waals surface area contributed by atoms with Gasteiger partial charge in [0.25, 0.3) is 0 Å². The summed E-state index contributed by atoms with van der Waals surface area (Å²) in [6.07, 6.45) is 4.90. The Morgan fingerprint density at radius 3 is 2.92 bits per heavy atom. The summed E-state index contributed by atoms with van der Waals surface area (Å²) in [4.78, 5) is 4.39. The molecule has 1 atom stereocenters. The van der Waals surface area contributed by atoms with E-state index in [-0.39, 0.29) is 0 Å². The Morgan fingerprint density at radius 2 is 2.24 bits per heavy atom. The number of anilines is 1. The summed E-state index contributed by atoms with van der Waals surface area (Å²) in [5.74, 6) is 1.96. The fourth-order valence-corrected chi connectivity index (χ4v) is 3.21. The number of pyridine rings is 1. The van der Waals surface area contributed by atoms with Crippen LogP contribution in [0, 0.1) is 17.2 Å². The van der Waals surface area contributed by atoms with Crippen LogP contribution in [0.25, 0.3) is 10.9 Å². The highest BCUT2D eigenvalue weighted by Crippen LogP contribution is 2.35. The molecule has 1 aromatic heterocycles. The zero-order valence-corrected chi connectivity index (χ0v) is 14.7. The van der Waals surface area contributed by atoms with Gasteiger partial charge in [-0.25, -0.2) is 0 Å². The lowest BCUT2D eigenvalue weighted by molar-refractivity contribution is 0.184. The predicted octanol–water partition coefficient (Wildman–Crippen LogP) is 3.35. The molecule has 1 N–H and O–H groups in total. The summed E-state index contributed by atoms with van der Waals surface area (Å²) in [6, 6.07) is 5.90. The first-order chi connectivity index (χ1) is 12.3. The Bertz CT molecular complexity index is 780. The molecular weight excluding hydrogens is 318 g/mol. The largest absolute Gasteiger partial charge is 0.497 e. The summed E-state index contributed by atoms with van der Waals surface area (Å²) in [5.41, 5.74) is 2.02. The minimum absolute atomic E-state index is 0.520. The van der Waals surface area contributed by atoms with Crippen LogP contribution in [0.4, 0.5) is 5.69 Å². The van der Waals surface area contributed by atoms with Crippen molar-refractivity contribution in [2.75, 3.05) is 39.3 Å². The quantitative estimate of drug-likeness (QED) is 0.778. The second-order valence-corrected chi connectivity index (χ2v) is 6.18. The predicted molar refractivity (Wildman–Crippen MR) is 96.2 cm³/mol. The van der Waals surface area contributed by atoms with E-state index in [1.54, 1.807) is 26.5 Å². The maximum Gasteiger partial charge on any atom is 0.148 e. The summed E-state index contributed by atoms with van der Waals surface area (Å²) >= 11 is 0. The molecule has 0 bridgehead atoms. The first-order valence-corrected chi connectivity index (χ1v) is 8.53. The fraction of sp³-hybridized carbons (Fsp3) is 0.474. The lowest BCUT2D eigenvalue weighted by Gasteiger charge is -2.15. The molecule has 1 fully saturated rings. The highest BCUT2D eigenvalue weighted by Gasteiger charge is 2.16. The van der Waals surface area contributed by atoms with Crippen LogP contribution in [0.15, 0.2) is 18.3 Å². The van der Waals surface area contributed by atoms with Crippen LogP contribution in [0.3, 0.4) is 0 Å². The third-order valence-electron chi connectivity index (χ3n) is 4.60. The number of methoxy groups -OCH3 is 2. The molecule has 0 spiro atoms. The lowest BCUT2D eigenvalue weighted by atomic mass is 10.0. The third kappa shape index (κ3) is 3.77. The summed E-state index contributed by atoms with van der Waals surface area (Å²) in [7, 11) is 3.21. The molecule has 2 aromatic rings. The van der Waals surface area contributed by atoms with Crippen molar-refractivity contribution in [1.29, 1.82) is 5.26 Å². The molecule has 1 aromatic carbocycles. The molecule has 25 heavy (non-hydrogen) atoms. The minimum Gasteiger partial charge on any atom is -0.497 e. The molecule has 1 aliphatic rings. The smallest absolute Gasteiger partial charge is 0.148 e. The first kappa shape index (κ1) is 17.3.